The average molecular weight is 848 g/mol. The molecule has 0 N–H and O–H groups in total. The summed E-state index contributed by atoms with van der Waals surface area (Å²) in [5.41, 5.74) is 9.36. The zero-order valence-corrected chi connectivity index (χ0v) is 37.8. The quantitative estimate of drug-likeness (QED) is 0.0692. The fraction of sp³-hybridized carbons (Fsp3) is 0.438. The maximum atomic E-state index is 13.5. The molecule has 0 amide bonds. The zero-order chi connectivity index (χ0) is 42.0. The van der Waals surface area contributed by atoms with Gasteiger partial charge >= 0.3 is 5.97 Å². The Morgan fingerprint density at radius 1 is 0.967 bits per heavy atom. The fourth-order valence-corrected chi connectivity index (χ4v) is 9.60. The van der Waals surface area contributed by atoms with Crippen molar-refractivity contribution < 1.29 is 19.0 Å². The van der Waals surface area contributed by atoms with Gasteiger partial charge in [-0.3, -0.25) is 9.88 Å². The van der Waals surface area contributed by atoms with Crippen LogP contribution in [0.15, 0.2) is 90.8 Å². The molecule has 2 aliphatic heterocycles. The van der Waals surface area contributed by atoms with Gasteiger partial charge in [-0.05, 0) is 96.5 Å². The second-order valence-corrected chi connectivity index (χ2v) is 24.6. The Morgan fingerprint density at radius 2 is 1.77 bits per heavy atom. The minimum atomic E-state index is -1.22. The van der Waals surface area contributed by atoms with E-state index < -0.39 is 8.07 Å². The molecule has 0 radical (unpaired) electrons. The Morgan fingerprint density at radius 3 is 2.50 bits per heavy atom. The molecular weight excluding hydrogens is 788 g/mol. The summed E-state index contributed by atoms with van der Waals surface area (Å²) in [6, 6.07) is 25.7. The third-order valence-corrected chi connectivity index (χ3v) is 14.3. The van der Waals surface area contributed by atoms with E-state index in [2.05, 4.69) is 89.6 Å². The Kier molecular flexibility index (Phi) is 12.4. The van der Waals surface area contributed by atoms with E-state index in [9.17, 15) is 4.79 Å². The van der Waals surface area contributed by atoms with Gasteiger partial charge in [0, 0.05) is 88.9 Å². The van der Waals surface area contributed by atoms with Crippen molar-refractivity contribution in [1.29, 1.82) is 0 Å². The Labute approximate surface area is 361 Å². The van der Waals surface area contributed by atoms with Crippen LogP contribution in [0.1, 0.15) is 67.3 Å². The molecule has 1 unspecified atom stereocenters. The van der Waals surface area contributed by atoms with Gasteiger partial charge < -0.3 is 28.6 Å². The summed E-state index contributed by atoms with van der Waals surface area (Å²) in [4.78, 5) is 30.6. The van der Waals surface area contributed by atoms with E-state index in [1.807, 2.05) is 47.2 Å². The van der Waals surface area contributed by atoms with Crippen molar-refractivity contribution in [3.05, 3.63) is 113 Å². The van der Waals surface area contributed by atoms with Crippen molar-refractivity contribution in [2.75, 3.05) is 62.8 Å². The van der Waals surface area contributed by atoms with E-state index in [4.69, 9.17) is 30.8 Å². The number of carbonyl (C=O) groups is 1. The predicted octanol–water partition coefficient (Wildman–Crippen LogP) is 10.6. The molecule has 5 heterocycles. The number of esters is 1. The number of ether oxygens (including phenoxy) is 3. The molecule has 10 nitrogen and oxygen atoms in total. The van der Waals surface area contributed by atoms with Gasteiger partial charge in [0.1, 0.15) is 24.2 Å². The molecule has 3 aliphatic rings. The van der Waals surface area contributed by atoms with Crippen LogP contribution in [0, 0.1) is 5.41 Å². The zero-order valence-electron chi connectivity index (χ0n) is 36.0. The van der Waals surface area contributed by atoms with E-state index in [0.29, 0.717) is 31.1 Å². The van der Waals surface area contributed by atoms with Crippen LogP contribution in [0.2, 0.25) is 30.7 Å². The maximum Gasteiger partial charge on any atom is 0.339 e. The normalized spacial score (nSPS) is 18.6. The van der Waals surface area contributed by atoms with Crippen LogP contribution in [0.5, 0.6) is 5.88 Å². The van der Waals surface area contributed by atoms with Crippen LogP contribution >= 0.6 is 11.6 Å². The molecule has 1 fully saturated rings. The fourth-order valence-electron chi connectivity index (χ4n) is 8.72. The number of hydrogen-bond acceptors (Lipinski definition) is 9. The number of fused-ring (bicyclic) bond motifs is 2. The van der Waals surface area contributed by atoms with E-state index in [0.717, 1.165) is 97.0 Å². The predicted molar refractivity (Wildman–Crippen MR) is 246 cm³/mol. The molecule has 60 heavy (non-hydrogen) atoms. The van der Waals surface area contributed by atoms with E-state index in [1.165, 1.54) is 24.7 Å². The Balaban J connectivity index is 1.08. The molecule has 0 bridgehead atoms. The number of carbonyl (C=O) groups excluding carboxylic acids is 1. The first-order valence-electron chi connectivity index (χ1n) is 21.4. The third-order valence-electron chi connectivity index (χ3n) is 12.3. The smallest absolute Gasteiger partial charge is 0.339 e. The lowest BCUT2D eigenvalue weighted by molar-refractivity contribution is 0.0601. The lowest BCUT2D eigenvalue weighted by Crippen LogP contribution is -2.47. The molecule has 8 rings (SSSR count). The van der Waals surface area contributed by atoms with Crippen molar-refractivity contribution in [3.63, 3.8) is 0 Å². The Hall–Kier alpha value is -4.68. The number of methoxy groups -OCH3 is 1. The summed E-state index contributed by atoms with van der Waals surface area (Å²) in [5.74, 6) is 0.108. The monoisotopic (exact) mass is 846 g/mol. The molecule has 0 spiro atoms. The first-order chi connectivity index (χ1) is 28.8. The molecular formula is C48H59ClN6O4Si. The minimum Gasteiger partial charge on any atom is -0.466 e. The van der Waals surface area contributed by atoms with Crippen molar-refractivity contribution in [2.24, 2.45) is 5.41 Å². The lowest BCUT2D eigenvalue weighted by atomic mass is 9.72. The van der Waals surface area contributed by atoms with Crippen molar-refractivity contribution >= 4 is 59.3 Å². The second-order valence-electron chi connectivity index (χ2n) is 18.5. The van der Waals surface area contributed by atoms with Crippen molar-refractivity contribution in [2.45, 2.75) is 78.1 Å². The maximum absolute atomic E-state index is 13.5. The first-order valence-corrected chi connectivity index (χ1v) is 25.5. The molecule has 1 atom stereocenters. The highest BCUT2D eigenvalue weighted by Crippen LogP contribution is 2.45. The number of aromatic nitrogens is 3. The van der Waals surface area contributed by atoms with Gasteiger partial charge in [0.05, 0.1) is 24.1 Å². The number of halogens is 1. The van der Waals surface area contributed by atoms with Crippen molar-refractivity contribution in [1.82, 2.24) is 19.4 Å². The summed E-state index contributed by atoms with van der Waals surface area (Å²) >= 11 is 6.29. The van der Waals surface area contributed by atoms with Crippen LogP contribution in [0.4, 0.5) is 17.1 Å². The Bertz CT molecular complexity index is 2330. The minimum absolute atomic E-state index is 0.277. The van der Waals surface area contributed by atoms with E-state index in [-0.39, 0.29) is 17.5 Å². The van der Waals surface area contributed by atoms with Crippen LogP contribution in [-0.2, 0) is 16.2 Å². The van der Waals surface area contributed by atoms with Crippen LogP contribution < -0.4 is 14.5 Å². The summed E-state index contributed by atoms with van der Waals surface area (Å²) in [5, 5.41) is 1.74. The molecule has 0 saturated carbocycles. The lowest BCUT2D eigenvalue weighted by Gasteiger charge is -2.39. The molecule has 1 saturated heterocycles. The molecule has 1 aliphatic carbocycles. The van der Waals surface area contributed by atoms with Crippen LogP contribution in [0.25, 0.3) is 16.6 Å². The highest BCUT2D eigenvalue weighted by atomic mass is 35.5. The highest BCUT2D eigenvalue weighted by Gasteiger charge is 2.32. The number of nitrogens with zero attached hydrogens (tertiary/aromatic N) is 6. The number of hydrogen-bond donors (Lipinski definition) is 0. The topological polar surface area (TPSA) is 85.2 Å². The number of allylic oxidation sites excluding steroid dienone is 1. The van der Waals surface area contributed by atoms with Gasteiger partial charge in [0.2, 0.25) is 5.88 Å². The highest BCUT2D eigenvalue weighted by molar-refractivity contribution is 6.76. The van der Waals surface area contributed by atoms with E-state index >= 15 is 0 Å². The summed E-state index contributed by atoms with van der Waals surface area (Å²) in [6.45, 7) is 18.2. The molecule has 2 aromatic carbocycles. The number of anilines is 3. The summed E-state index contributed by atoms with van der Waals surface area (Å²) in [7, 11) is 0.217. The first kappa shape index (κ1) is 42.0. The number of benzene rings is 2. The van der Waals surface area contributed by atoms with Gasteiger partial charge in [-0.2, -0.15) is 4.98 Å². The molecule has 3 aromatic heterocycles. The van der Waals surface area contributed by atoms with Crippen molar-refractivity contribution in [3.8, 4) is 5.88 Å². The largest absolute Gasteiger partial charge is 0.466 e. The van der Waals surface area contributed by atoms with Crippen LogP contribution in [0.3, 0.4) is 0 Å². The number of rotatable bonds is 12. The molecule has 12 heteroatoms. The SMILES string of the molecule is COC(=O)c1ccc(N2CCN(CC3=C(c4ccc(Cl)cc4)CC(C)(C)CC3)CC2)cc1N1CCC(c2ccccn2)Oc2nc3c(ccn3COCC[Si](C)(C)C)cc21. The number of pyridine rings is 2. The molecule has 316 valence electrons. The standard InChI is InChI=1S/C48H59ClN6O4Si/c1-48(2)19-16-36(40(31-48)34-10-12-37(49)13-11-34)32-52-23-25-53(26-24-52)38-14-15-39(47(56)57-3)42(30-38)55-22-18-44(41-9-7-8-20-50-41)59-46-43(55)29-35-17-21-54(45(35)51-46)33-58-27-28-60(4,5)6/h7-15,17,20-21,29-30,44H,16,18-19,22-28,31-33H2,1-6H3. The molecule has 5 aromatic rings. The average Bonchev–Trinajstić information content (AvgIpc) is 3.53. The van der Waals surface area contributed by atoms with Gasteiger partial charge in [0.15, 0.2) is 0 Å². The van der Waals surface area contributed by atoms with Gasteiger partial charge in [0.25, 0.3) is 0 Å². The summed E-state index contributed by atoms with van der Waals surface area (Å²) in [6.07, 6.45) is 7.51. The summed E-state index contributed by atoms with van der Waals surface area (Å²) < 4.78 is 20.4. The van der Waals surface area contributed by atoms with Crippen LogP contribution in [-0.4, -0.2) is 86.5 Å². The second kappa shape index (κ2) is 17.7. The van der Waals surface area contributed by atoms with Gasteiger partial charge in [-0.1, -0.05) is 68.9 Å². The third kappa shape index (κ3) is 9.60. The van der Waals surface area contributed by atoms with E-state index in [1.54, 1.807) is 11.8 Å². The number of piperazine rings is 1. The van der Waals surface area contributed by atoms with Gasteiger partial charge in [-0.15, -0.1) is 0 Å². The van der Waals surface area contributed by atoms with Gasteiger partial charge in [-0.25, -0.2) is 4.79 Å².